The molecule has 5 heteroatoms. The van der Waals surface area contributed by atoms with Crippen molar-refractivity contribution >= 4 is 11.7 Å². The number of pyridine rings is 1. The van der Waals surface area contributed by atoms with Crippen molar-refractivity contribution < 1.29 is 4.79 Å². The van der Waals surface area contributed by atoms with Crippen LogP contribution < -0.4 is 11.3 Å². The summed E-state index contributed by atoms with van der Waals surface area (Å²) in [4.78, 5) is 18.5. The van der Waals surface area contributed by atoms with E-state index >= 15 is 0 Å². The van der Waals surface area contributed by atoms with Gasteiger partial charge in [0.05, 0.1) is 0 Å². The molecule has 0 saturated carbocycles. The van der Waals surface area contributed by atoms with E-state index in [4.69, 9.17) is 5.84 Å². The molecule has 1 amide bonds. The Labute approximate surface area is 107 Å². The molecule has 0 bridgehead atoms. The second-order valence-corrected chi connectivity index (χ2v) is 4.63. The Hall–Kier alpha value is -1.62. The Morgan fingerprint density at radius 2 is 2.44 bits per heavy atom. The molecule has 1 fully saturated rings. The van der Waals surface area contributed by atoms with E-state index in [2.05, 4.69) is 17.3 Å². The monoisotopic (exact) mass is 248 g/mol. The molecule has 0 spiro atoms. The van der Waals surface area contributed by atoms with Crippen LogP contribution in [0.4, 0.5) is 5.82 Å². The average Bonchev–Trinajstić information content (AvgIpc) is 2.46. The van der Waals surface area contributed by atoms with Crippen LogP contribution >= 0.6 is 0 Å². The number of nitrogens with two attached hydrogens (primary N) is 1. The zero-order valence-corrected chi connectivity index (χ0v) is 10.7. The van der Waals surface area contributed by atoms with E-state index in [0.717, 1.165) is 25.8 Å². The highest BCUT2D eigenvalue weighted by atomic mass is 16.2. The maximum Gasteiger partial charge on any atom is 0.254 e. The maximum atomic E-state index is 12.5. The molecule has 0 radical (unpaired) electrons. The number of nitrogens with zero attached hydrogens (tertiary/aromatic N) is 2. The third-order valence-electron chi connectivity index (χ3n) is 3.51. The van der Waals surface area contributed by atoms with Gasteiger partial charge in [-0.05, 0) is 37.8 Å². The van der Waals surface area contributed by atoms with Gasteiger partial charge in [-0.1, -0.05) is 6.92 Å². The van der Waals surface area contributed by atoms with Crippen molar-refractivity contribution in [1.29, 1.82) is 0 Å². The van der Waals surface area contributed by atoms with Gasteiger partial charge < -0.3 is 10.3 Å². The summed E-state index contributed by atoms with van der Waals surface area (Å²) in [6.45, 7) is 2.99. The lowest BCUT2D eigenvalue weighted by Crippen LogP contribution is -2.43. The molecule has 1 unspecified atom stereocenters. The highest BCUT2D eigenvalue weighted by Crippen LogP contribution is 2.22. The lowest BCUT2D eigenvalue weighted by molar-refractivity contribution is 0.0608. The quantitative estimate of drug-likeness (QED) is 0.631. The van der Waals surface area contributed by atoms with Crippen LogP contribution in [0.3, 0.4) is 0 Å². The van der Waals surface area contributed by atoms with Crippen LogP contribution in [-0.2, 0) is 0 Å². The van der Waals surface area contributed by atoms with E-state index in [1.165, 1.54) is 6.42 Å². The summed E-state index contributed by atoms with van der Waals surface area (Å²) in [5.74, 6) is 5.92. The van der Waals surface area contributed by atoms with Gasteiger partial charge in [0, 0.05) is 24.3 Å². The van der Waals surface area contributed by atoms with Crippen molar-refractivity contribution in [2.24, 2.45) is 5.84 Å². The predicted octanol–water partition coefficient (Wildman–Crippen LogP) is 1.77. The number of rotatable bonds is 3. The van der Waals surface area contributed by atoms with E-state index in [1.54, 1.807) is 18.3 Å². The van der Waals surface area contributed by atoms with Gasteiger partial charge >= 0.3 is 0 Å². The number of carbonyl (C=O) groups excluding carboxylic acids is 1. The van der Waals surface area contributed by atoms with Gasteiger partial charge in [0.25, 0.3) is 5.91 Å². The molecule has 98 valence electrons. The first-order valence-electron chi connectivity index (χ1n) is 6.50. The zero-order chi connectivity index (χ0) is 13.0. The average molecular weight is 248 g/mol. The van der Waals surface area contributed by atoms with Gasteiger partial charge in [-0.25, -0.2) is 10.8 Å². The van der Waals surface area contributed by atoms with Gasteiger partial charge in [-0.2, -0.15) is 0 Å². The molecule has 1 aliphatic heterocycles. The Morgan fingerprint density at radius 3 is 3.17 bits per heavy atom. The number of anilines is 1. The second-order valence-electron chi connectivity index (χ2n) is 4.63. The van der Waals surface area contributed by atoms with Crippen molar-refractivity contribution in [3.63, 3.8) is 0 Å². The Balaban J connectivity index is 2.18. The van der Waals surface area contributed by atoms with E-state index < -0.39 is 0 Å². The number of amides is 1. The number of hydrogen-bond acceptors (Lipinski definition) is 4. The molecule has 1 aromatic heterocycles. The lowest BCUT2D eigenvalue weighted by Gasteiger charge is -2.35. The van der Waals surface area contributed by atoms with Crippen molar-refractivity contribution in [1.82, 2.24) is 9.88 Å². The van der Waals surface area contributed by atoms with Crippen LogP contribution in [0.15, 0.2) is 18.3 Å². The van der Waals surface area contributed by atoms with Gasteiger partial charge in [0.2, 0.25) is 0 Å². The van der Waals surface area contributed by atoms with Gasteiger partial charge in [-0.3, -0.25) is 4.79 Å². The van der Waals surface area contributed by atoms with Gasteiger partial charge in [0.1, 0.15) is 5.82 Å². The van der Waals surface area contributed by atoms with Crippen LogP contribution in [0.5, 0.6) is 0 Å². The van der Waals surface area contributed by atoms with Crippen LogP contribution in [0.25, 0.3) is 0 Å². The Morgan fingerprint density at radius 1 is 1.61 bits per heavy atom. The van der Waals surface area contributed by atoms with Crippen molar-refractivity contribution in [2.75, 3.05) is 12.0 Å². The molecule has 1 saturated heterocycles. The number of likely N-dealkylation sites (tertiary alicyclic amines) is 1. The molecule has 0 aromatic carbocycles. The molecule has 5 nitrogen and oxygen atoms in total. The smallest absolute Gasteiger partial charge is 0.254 e. The molecular weight excluding hydrogens is 228 g/mol. The number of hydrogen-bond donors (Lipinski definition) is 2. The summed E-state index contributed by atoms with van der Waals surface area (Å²) in [5.41, 5.74) is 3.12. The fourth-order valence-electron chi connectivity index (χ4n) is 2.50. The maximum absolute atomic E-state index is 12.5. The summed E-state index contributed by atoms with van der Waals surface area (Å²) < 4.78 is 0. The van der Waals surface area contributed by atoms with Crippen LogP contribution in [0.1, 0.15) is 43.0 Å². The Kier molecular flexibility index (Phi) is 4.15. The van der Waals surface area contributed by atoms with Crippen molar-refractivity contribution in [3.8, 4) is 0 Å². The largest absolute Gasteiger partial charge is 0.336 e. The molecule has 3 N–H and O–H groups in total. The minimum atomic E-state index is 0.0838. The number of piperidine rings is 1. The summed E-state index contributed by atoms with van der Waals surface area (Å²) in [6.07, 6.45) is 6.03. The molecule has 0 aliphatic carbocycles. The number of hydrazine groups is 1. The van der Waals surface area contributed by atoms with Gasteiger partial charge in [-0.15, -0.1) is 0 Å². The third-order valence-corrected chi connectivity index (χ3v) is 3.51. The van der Waals surface area contributed by atoms with Crippen LogP contribution in [-0.4, -0.2) is 28.4 Å². The lowest BCUT2D eigenvalue weighted by atomic mass is 9.99. The fraction of sp³-hybridized carbons (Fsp3) is 0.538. The standard InChI is InChI=1S/C13H20N4O/c1-2-11-5-3-4-8-17(11)13(18)10-6-7-15-12(9-10)16-14/h6-7,9,11H,2-5,8,14H2,1H3,(H,15,16). The van der Waals surface area contributed by atoms with Crippen LogP contribution in [0, 0.1) is 0 Å². The summed E-state index contributed by atoms with van der Waals surface area (Å²) >= 11 is 0. The first-order chi connectivity index (χ1) is 8.76. The molecule has 1 atom stereocenters. The molecule has 2 heterocycles. The van der Waals surface area contributed by atoms with Gasteiger partial charge in [0.15, 0.2) is 0 Å². The first-order valence-corrected chi connectivity index (χ1v) is 6.50. The van der Waals surface area contributed by atoms with E-state index in [0.29, 0.717) is 17.4 Å². The van der Waals surface area contributed by atoms with Crippen molar-refractivity contribution in [2.45, 2.75) is 38.6 Å². The van der Waals surface area contributed by atoms with E-state index in [-0.39, 0.29) is 5.91 Å². The molecule has 18 heavy (non-hydrogen) atoms. The van der Waals surface area contributed by atoms with Crippen LogP contribution in [0.2, 0.25) is 0 Å². The number of aromatic nitrogens is 1. The molecule has 1 aliphatic rings. The SMILES string of the molecule is CCC1CCCCN1C(=O)c1ccnc(NN)c1. The summed E-state index contributed by atoms with van der Waals surface area (Å²) in [7, 11) is 0. The summed E-state index contributed by atoms with van der Waals surface area (Å²) in [6, 6.07) is 3.81. The number of nitrogen functional groups attached to an aromatic ring is 1. The molecular formula is C13H20N4O. The fourth-order valence-corrected chi connectivity index (χ4v) is 2.50. The predicted molar refractivity (Wildman–Crippen MR) is 71.0 cm³/mol. The Bertz CT molecular complexity index is 421. The topological polar surface area (TPSA) is 71.2 Å². The molecule has 1 aromatic rings. The van der Waals surface area contributed by atoms with E-state index in [1.807, 2.05) is 4.90 Å². The minimum absolute atomic E-state index is 0.0838. The minimum Gasteiger partial charge on any atom is -0.336 e. The van der Waals surface area contributed by atoms with Crippen molar-refractivity contribution in [3.05, 3.63) is 23.9 Å². The zero-order valence-electron chi connectivity index (χ0n) is 10.7. The normalized spacial score (nSPS) is 19.7. The van der Waals surface area contributed by atoms with E-state index in [9.17, 15) is 4.79 Å². The number of nitrogens with one attached hydrogen (secondary N) is 1. The number of carbonyl (C=O) groups is 1. The highest BCUT2D eigenvalue weighted by Gasteiger charge is 2.26. The third kappa shape index (κ3) is 2.61. The first kappa shape index (κ1) is 12.8. The summed E-state index contributed by atoms with van der Waals surface area (Å²) in [5, 5.41) is 0. The second kappa shape index (κ2) is 5.82. The highest BCUT2D eigenvalue weighted by molar-refractivity contribution is 5.95. The molecule has 2 rings (SSSR count).